The molecule has 0 amide bonds. The maximum atomic E-state index is 12.7. The lowest BCUT2D eigenvalue weighted by Crippen LogP contribution is -2.30. The van der Waals surface area contributed by atoms with Crippen molar-refractivity contribution in [3.8, 4) is 11.5 Å². The molecule has 1 heterocycles. The molecule has 3 aromatic rings. The van der Waals surface area contributed by atoms with Crippen LogP contribution in [0.4, 0.5) is 0 Å². The monoisotopic (exact) mass is 429 g/mol. The quantitative estimate of drug-likeness (QED) is 0.503. The first kappa shape index (κ1) is 21.7. The fraction of sp³-hybridized carbons (Fsp3) is 0.286. The second kappa shape index (κ2) is 9.19. The zero-order valence-electron chi connectivity index (χ0n) is 17.0. The van der Waals surface area contributed by atoms with E-state index in [1.165, 1.54) is 28.6 Å². The summed E-state index contributed by atoms with van der Waals surface area (Å²) in [5, 5.41) is 7.92. The van der Waals surface area contributed by atoms with Crippen molar-refractivity contribution in [3.05, 3.63) is 66.1 Å². The Hall–Kier alpha value is -3.04. The number of benzene rings is 2. The molecular formula is C21H23N3O5S. The predicted octanol–water partition coefficient (Wildman–Crippen LogP) is 3.69. The SMILES string of the molecule is CCN(CC)S(=O)(=O)c1cccc(C(=O)OC(C)c2nnc(-c3ccccc3)o2)c1. The van der Waals surface area contributed by atoms with Gasteiger partial charge in [-0.25, -0.2) is 13.2 Å². The molecule has 0 aliphatic carbocycles. The number of nitrogens with zero attached hydrogens (tertiary/aromatic N) is 3. The second-order valence-corrected chi connectivity index (χ2v) is 8.41. The third-order valence-corrected chi connectivity index (χ3v) is 6.55. The van der Waals surface area contributed by atoms with E-state index < -0.39 is 22.1 Å². The van der Waals surface area contributed by atoms with E-state index in [1.54, 1.807) is 20.8 Å². The van der Waals surface area contributed by atoms with Gasteiger partial charge in [-0.2, -0.15) is 4.31 Å². The molecule has 30 heavy (non-hydrogen) atoms. The van der Waals surface area contributed by atoms with E-state index in [4.69, 9.17) is 9.15 Å². The molecule has 0 bridgehead atoms. The van der Waals surface area contributed by atoms with Gasteiger partial charge in [-0.1, -0.05) is 38.1 Å². The molecule has 0 saturated carbocycles. The summed E-state index contributed by atoms with van der Waals surface area (Å²) in [5.74, 6) is -0.214. The van der Waals surface area contributed by atoms with Crippen LogP contribution in [0.5, 0.6) is 0 Å². The number of hydrogen-bond donors (Lipinski definition) is 0. The molecule has 158 valence electrons. The molecule has 9 heteroatoms. The van der Waals surface area contributed by atoms with E-state index in [9.17, 15) is 13.2 Å². The molecule has 0 saturated heterocycles. The van der Waals surface area contributed by atoms with E-state index in [0.717, 1.165) is 5.56 Å². The smallest absolute Gasteiger partial charge is 0.338 e. The van der Waals surface area contributed by atoms with Gasteiger partial charge in [0.25, 0.3) is 5.89 Å². The molecule has 2 aromatic carbocycles. The summed E-state index contributed by atoms with van der Waals surface area (Å²) in [6.45, 7) is 5.80. The molecule has 1 unspecified atom stereocenters. The lowest BCUT2D eigenvalue weighted by atomic mass is 10.2. The highest BCUT2D eigenvalue weighted by Crippen LogP contribution is 2.24. The molecule has 0 N–H and O–H groups in total. The Balaban J connectivity index is 1.76. The van der Waals surface area contributed by atoms with E-state index in [-0.39, 0.29) is 16.3 Å². The molecule has 0 aliphatic heterocycles. The van der Waals surface area contributed by atoms with Crippen LogP contribution in [-0.2, 0) is 14.8 Å². The molecule has 0 fully saturated rings. The molecular weight excluding hydrogens is 406 g/mol. The van der Waals surface area contributed by atoms with Crippen molar-refractivity contribution in [2.24, 2.45) is 0 Å². The van der Waals surface area contributed by atoms with Crippen molar-refractivity contribution >= 4 is 16.0 Å². The average molecular weight is 429 g/mol. The molecule has 1 atom stereocenters. The number of carbonyl (C=O) groups is 1. The number of ether oxygens (including phenoxy) is 1. The fourth-order valence-electron chi connectivity index (χ4n) is 2.87. The van der Waals surface area contributed by atoms with E-state index in [0.29, 0.717) is 19.0 Å². The fourth-order valence-corrected chi connectivity index (χ4v) is 4.38. The Labute approximate surface area is 175 Å². The van der Waals surface area contributed by atoms with Gasteiger partial charge in [0, 0.05) is 18.7 Å². The highest BCUT2D eigenvalue weighted by molar-refractivity contribution is 7.89. The Bertz CT molecular complexity index is 1110. The molecule has 0 aliphatic rings. The van der Waals surface area contributed by atoms with Gasteiger partial charge < -0.3 is 9.15 Å². The van der Waals surface area contributed by atoms with Crippen molar-refractivity contribution in [3.63, 3.8) is 0 Å². The summed E-state index contributed by atoms with van der Waals surface area (Å²) in [5.41, 5.74) is 0.877. The standard InChI is InChI=1S/C21H23N3O5S/c1-4-24(5-2)30(26,27)18-13-9-12-17(14-18)21(25)28-15(3)19-22-23-20(29-19)16-10-7-6-8-11-16/h6-15H,4-5H2,1-3H3. The van der Waals surface area contributed by atoms with Gasteiger partial charge in [0.15, 0.2) is 6.10 Å². The Kier molecular flexibility index (Phi) is 6.63. The highest BCUT2D eigenvalue weighted by atomic mass is 32.2. The van der Waals surface area contributed by atoms with Gasteiger partial charge in [0.2, 0.25) is 15.9 Å². The minimum absolute atomic E-state index is 0.0393. The first-order valence-corrected chi connectivity index (χ1v) is 11.0. The predicted molar refractivity (Wildman–Crippen MR) is 110 cm³/mol. The first-order chi connectivity index (χ1) is 14.4. The molecule has 3 rings (SSSR count). The number of esters is 1. The van der Waals surface area contributed by atoms with Crippen molar-refractivity contribution in [1.29, 1.82) is 0 Å². The topological polar surface area (TPSA) is 103 Å². The summed E-state index contributed by atoms with van der Waals surface area (Å²) in [6.07, 6.45) is -0.800. The van der Waals surface area contributed by atoms with Crippen LogP contribution in [0.15, 0.2) is 63.9 Å². The zero-order chi connectivity index (χ0) is 21.7. The molecule has 0 spiro atoms. The lowest BCUT2D eigenvalue weighted by molar-refractivity contribution is 0.0279. The number of rotatable bonds is 8. The number of aromatic nitrogens is 2. The normalized spacial score (nSPS) is 12.7. The summed E-state index contributed by atoms with van der Waals surface area (Å²) >= 11 is 0. The van der Waals surface area contributed by atoms with E-state index in [1.807, 2.05) is 30.3 Å². The molecule has 8 nitrogen and oxygen atoms in total. The molecule has 1 aromatic heterocycles. The number of carbonyl (C=O) groups excluding carboxylic acids is 1. The highest BCUT2D eigenvalue weighted by Gasteiger charge is 2.24. The van der Waals surface area contributed by atoms with Crippen LogP contribution in [0, 0.1) is 0 Å². The van der Waals surface area contributed by atoms with Gasteiger partial charge in [-0.15, -0.1) is 10.2 Å². The Morgan fingerprint density at radius 2 is 1.77 bits per heavy atom. The van der Waals surface area contributed by atoms with Crippen LogP contribution in [0.2, 0.25) is 0 Å². The first-order valence-electron chi connectivity index (χ1n) is 9.56. The lowest BCUT2D eigenvalue weighted by Gasteiger charge is -2.18. The second-order valence-electron chi connectivity index (χ2n) is 6.48. The van der Waals surface area contributed by atoms with Crippen molar-refractivity contribution in [2.75, 3.05) is 13.1 Å². The third-order valence-electron chi connectivity index (χ3n) is 4.51. The van der Waals surface area contributed by atoms with Gasteiger partial charge in [-0.05, 0) is 37.3 Å². The van der Waals surface area contributed by atoms with Crippen LogP contribution in [-0.4, -0.2) is 42.0 Å². The van der Waals surface area contributed by atoms with Gasteiger partial charge in [0.1, 0.15) is 0 Å². The minimum atomic E-state index is -3.68. The average Bonchev–Trinajstić information content (AvgIpc) is 3.25. The molecule has 0 radical (unpaired) electrons. The van der Waals surface area contributed by atoms with Crippen LogP contribution in [0.1, 0.15) is 43.1 Å². The van der Waals surface area contributed by atoms with Gasteiger partial charge >= 0.3 is 5.97 Å². The maximum Gasteiger partial charge on any atom is 0.338 e. The Morgan fingerprint density at radius 1 is 1.07 bits per heavy atom. The zero-order valence-corrected chi connectivity index (χ0v) is 17.8. The summed E-state index contributed by atoms with van der Waals surface area (Å²) in [6, 6.07) is 15.0. The van der Waals surface area contributed by atoms with Crippen LogP contribution >= 0.6 is 0 Å². The summed E-state index contributed by atoms with van der Waals surface area (Å²) in [7, 11) is -3.68. The van der Waals surface area contributed by atoms with Gasteiger partial charge in [0.05, 0.1) is 10.5 Å². The van der Waals surface area contributed by atoms with Crippen LogP contribution < -0.4 is 0 Å². The van der Waals surface area contributed by atoms with Crippen molar-refractivity contribution in [1.82, 2.24) is 14.5 Å². The minimum Gasteiger partial charge on any atom is -0.449 e. The van der Waals surface area contributed by atoms with E-state index >= 15 is 0 Å². The van der Waals surface area contributed by atoms with Crippen molar-refractivity contribution in [2.45, 2.75) is 31.8 Å². The Morgan fingerprint density at radius 3 is 2.43 bits per heavy atom. The maximum absolute atomic E-state index is 12.7. The number of sulfonamides is 1. The third kappa shape index (κ3) is 4.58. The van der Waals surface area contributed by atoms with Gasteiger partial charge in [-0.3, -0.25) is 0 Å². The van der Waals surface area contributed by atoms with E-state index in [2.05, 4.69) is 10.2 Å². The summed E-state index contributed by atoms with van der Waals surface area (Å²) < 4.78 is 37.7. The van der Waals surface area contributed by atoms with Crippen molar-refractivity contribution < 1.29 is 22.4 Å². The summed E-state index contributed by atoms with van der Waals surface area (Å²) in [4.78, 5) is 12.6. The number of hydrogen-bond acceptors (Lipinski definition) is 7. The van der Waals surface area contributed by atoms with Crippen LogP contribution in [0.3, 0.4) is 0 Å². The van der Waals surface area contributed by atoms with Crippen LogP contribution in [0.25, 0.3) is 11.5 Å². The largest absolute Gasteiger partial charge is 0.449 e.